The van der Waals surface area contributed by atoms with Gasteiger partial charge in [-0.1, -0.05) is 30.3 Å². The molecule has 3 aromatic rings. The molecule has 0 atom stereocenters. The molecule has 1 aromatic carbocycles. The normalized spacial score (nSPS) is 14.8. The van der Waals surface area contributed by atoms with Crippen LogP contribution in [0.15, 0.2) is 36.5 Å². The lowest BCUT2D eigenvalue weighted by molar-refractivity contribution is -0.133. The van der Waals surface area contributed by atoms with Crippen LogP contribution in [0, 0.1) is 25.2 Å². The largest absolute Gasteiger partial charge is 0.340 e. The van der Waals surface area contributed by atoms with Crippen molar-refractivity contribution in [2.24, 2.45) is 0 Å². The number of carbonyl (C=O) groups is 1. The van der Waals surface area contributed by atoms with E-state index in [4.69, 9.17) is 0 Å². The van der Waals surface area contributed by atoms with E-state index < -0.39 is 0 Å². The molecule has 7 heteroatoms. The van der Waals surface area contributed by atoms with Crippen LogP contribution < -0.4 is 0 Å². The van der Waals surface area contributed by atoms with Gasteiger partial charge in [-0.2, -0.15) is 10.4 Å². The van der Waals surface area contributed by atoms with Crippen molar-refractivity contribution >= 4 is 11.6 Å². The van der Waals surface area contributed by atoms with Crippen LogP contribution in [-0.4, -0.2) is 56.5 Å². The molecule has 30 heavy (non-hydrogen) atoms. The van der Waals surface area contributed by atoms with Crippen molar-refractivity contribution in [2.75, 3.05) is 26.2 Å². The number of aromatic nitrogens is 3. The molecular weight excluding hydrogens is 376 g/mol. The second kappa shape index (κ2) is 8.64. The molecular formula is C23H26N6O. The summed E-state index contributed by atoms with van der Waals surface area (Å²) in [5.41, 5.74) is 5.20. The molecule has 0 radical (unpaired) electrons. The van der Waals surface area contributed by atoms with E-state index >= 15 is 0 Å². The van der Waals surface area contributed by atoms with E-state index in [1.165, 1.54) is 5.56 Å². The van der Waals surface area contributed by atoms with E-state index in [1.807, 2.05) is 24.8 Å². The number of aryl methyl sites for hydroxylation is 2. The van der Waals surface area contributed by atoms with Gasteiger partial charge in [0.05, 0.1) is 6.20 Å². The maximum Gasteiger partial charge on any atom is 0.222 e. The SMILES string of the molecule is Cc1nc2c(C#N)cnn2c(C)c1CCC(=O)N1CCN(Cc2ccccc2)CC1. The van der Waals surface area contributed by atoms with Crippen molar-refractivity contribution in [1.82, 2.24) is 24.4 Å². The van der Waals surface area contributed by atoms with Gasteiger partial charge in [-0.3, -0.25) is 9.69 Å². The fourth-order valence-electron chi connectivity index (χ4n) is 4.14. The predicted octanol–water partition coefficient (Wildman–Crippen LogP) is 2.49. The number of fused-ring (bicyclic) bond motifs is 1. The van der Waals surface area contributed by atoms with Gasteiger partial charge in [0.1, 0.15) is 11.6 Å². The van der Waals surface area contributed by atoms with Gasteiger partial charge < -0.3 is 4.90 Å². The minimum atomic E-state index is 0.187. The van der Waals surface area contributed by atoms with Crippen LogP contribution in [0.1, 0.15) is 34.5 Å². The van der Waals surface area contributed by atoms with Gasteiger partial charge in [0.15, 0.2) is 5.65 Å². The third kappa shape index (κ3) is 4.05. The van der Waals surface area contributed by atoms with Crippen LogP contribution in [-0.2, 0) is 17.8 Å². The van der Waals surface area contributed by atoms with Gasteiger partial charge in [0.25, 0.3) is 0 Å². The van der Waals surface area contributed by atoms with E-state index in [2.05, 4.69) is 45.3 Å². The Labute approximate surface area is 176 Å². The monoisotopic (exact) mass is 402 g/mol. The molecule has 1 aliphatic rings. The lowest BCUT2D eigenvalue weighted by Crippen LogP contribution is -2.48. The van der Waals surface area contributed by atoms with Gasteiger partial charge in [-0.25, -0.2) is 9.50 Å². The van der Waals surface area contributed by atoms with Crippen LogP contribution in [0.5, 0.6) is 0 Å². The number of piperazine rings is 1. The number of carbonyl (C=O) groups excluding carboxylic acids is 1. The number of amides is 1. The Morgan fingerprint density at radius 1 is 1.13 bits per heavy atom. The lowest BCUT2D eigenvalue weighted by atomic mass is 10.1. The molecule has 1 amide bonds. The topological polar surface area (TPSA) is 77.5 Å². The molecule has 1 fully saturated rings. The third-order valence-corrected chi connectivity index (χ3v) is 5.89. The Hall–Kier alpha value is -3.24. The highest BCUT2D eigenvalue weighted by atomic mass is 16.2. The first-order valence-corrected chi connectivity index (χ1v) is 10.3. The fraction of sp³-hybridized carbons (Fsp3) is 0.391. The molecule has 3 heterocycles. The summed E-state index contributed by atoms with van der Waals surface area (Å²) in [5.74, 6) is 0.187. The van der Waals surface area contributed by atoms with Crippen LogP contribution in [0.4, 0.5) is 0 Å². The summed E-state index contributed by atoms with van der Waals surface area (Å²) >= 11 is 0. The quantitative estimate of drug-likeness (QED) is 0.655. The maximum atomic E-state index is 12.8. The molecule has 1 saturated heterocycles. The van der Waals surface area contributed by atoms with Crippen molar-refractivity contribution in [3.05, 3.63) is 64.6 Å². The summed E-state index contributed by atoms with van der Waals surface area (Å²) in [5, 5.41) is 13.5. The van der Waals surface area contributed by atoms with Gasteiger partial charge in [0, 0.05) is 50.5 Å². The van der Waals surface area contributed by atoms with E-state index in [0.29, 0.717) is 24.1 Å². The molecule has 7 nitrogen and oxygen atoms in total. The van der Waals surface area contributed by atoms with Crippen molar-refractivity contribution in [3.8, 4) is 6.07 Å². The average molecular weight is 403 g/mol. The third-order valence-electron chi connectivity index (χ3n) is 5.89. The van der Waals surface area contributed by atoms with E-state index in [1.54, 1.807) is 10.7 Å². The van der Waals surface area contributed by atoms with Crippen LogP contribution in [0.3, 0.4) is 0 Å². The maximum absolute atomic E-state index is 12.8. The molecule has 154 valence electrons. The van der Waals surface area contributed by atoms with Crippen molar-refractivity contribution < 1.29 is 4.79 Å². The zero-order valence-corrected chi connectivity index (χ0v) is 17.5. The minimum absolute atomic E-state index is 0.187. The molecule has 0 unspecified atom stereocenters. The van der Waals surface area contributed by atoms with Crippen molar-refractivity contribution in [1.29, 1.82) is 5.26 Å². The first-order chi connectivity index (χ1) is 14.6. The number of benzene rings is 1. The minimum Gasteiger partial charge on any atom is -0.340 e. The summed E-state index contributed by atoms with van der Waals surface area (Å²) in [6.07, 6.45) is 2.63. The average Bonchev–Trinajstić information content (AvgIpc) is 3.17. The Kier molecular flexibility index (Phi) is 5.77. The first-order valence-electron chi connectivity index (χ1n) is 10.3. The smallest absolute Gasteiger partial charge is 0.222 e. The molecule has 4 rings (SSSR count). The highest BCUT2D eigenvalue weighted by molar-refractivity contribution is 5.76. The number of nitrogens with zero attached hydrogens (tertiary/aromatic N) is 6. The summed E-state index contributed by atoms with van der Waals surface area (Å²) < 4.78 is 1.70. The number of hydrogen-bond acceptors (Lipinski definition) is 5. The molecule has 0 bridgehead atoms. The molecule has 0 saturated carbocycles. The Morgan fingerprint density at radius 3 is 2.57 bits per heavy atom. The molecule has 0 spiro atoms. The highest BCUT2D eigenvalue weighted by Crippen LogP contribution is 2.19. The number of rotatable bonds is 5. The molecule has 2 aromatic heterocycles. The zero-order valence-electron chi connectivity index (χ0n) is 17.5. The summed E-state index contributed by atoms with van der Waals surface area (Å²) in [7, 11) is 0. The molecule has 0 aliphatic carbocycles. The van der Waals surface area contributed by atoms with E-state index in [9.17, 15) is 10.1 Å². The summed E-state index contributed by atoms with van der Waals surface area (Å²) in [6.45, 7) is 8.17. The van der Waals surface area contributed by atoms with Gasteiger partial charge in [0.2, 0.25) is 5.91 Å². The van der Waals surface area contributed by atoms with Crippen LogP contribution >= 0.6 is 0 Å². The van der Waals surface area contributed by atoms with Crippen molar-refractivity contribution in [2.45, 2.75) is 33.2 Å². The Morgan fingerprint density at radius 2 is 1.87 bits per heavy atom. The summed E-state index contributed by atoms with van der Waals surface area (Å²) in [4.78, 5) is 21.7. The van der Waals surface area contributed by atoms with Gasteiger partial charge in [-0.05, 0) is 31.4 Å². The predicted molar refractivity (Wildman–Crippen MR) is 114 cm³/mol. The van der Waals surface area contributed by atoms with Crippen molar-refractivity contribution in [3.63, 3.8) is 0 Å². The fourth-order valence-corrected chi connectivity index (χ4v) is 4.14. The zero-order chi connectivity index (χ0) is 21.1. The van der Waals surface area contributed by atoms with Crippen LogP contribution in [0.2, 0.25) is 0 Å². The van der Waals surface area contributed by atoms with E-state index in [-0.39, 0.29) is 5.91 Å². The number of hydrogen-bond donors (Lipinski definition) is 0. The summed E-state index contributed by atoms with van der Waals surface area (Å²) in [6, 6.07) is 12.6. The second-order valence-corrected chi connectivity index (χ2v) is 7.81. The molecule has 0 N–H and O–H groups in total. The lowest BCUT2D eigenvalue weighted by Gasteiger charge is -2.35. The Bertz CT molecular complexity index is 1090. The van der Waals surface area contributed by atoms with E-state index in [0.717, 1.165) is 49.7 Å². The first kappa shape index (κ1) is 20.0. The second-order valence-electron chi connectivity index (χ2n) is 7.81. The van der Waals surface area contributed by atoms with Gasteiger partial charge in [-0.15, -0.1) is 0 Å². The Balaban J connectivity index is 1.35. The van der Waals surface area contributed by atoms with Gasteiger partial charge >= 0.3 is 0 Å². The number of nitriles is 1. The standard InChI is InChI=1S/C23H26N6O/c1-17-21(18(2)29-23(26-17)20(14-24)15-25-29)8-9-22(30)28-12-10-27(11-13-28)16-19-6-4-3-5-7-19/h3-7,15H,8-13,16H2,1-2H3. The molecule has 1 aliphatic heterocycles. The highest BCUT2D eigenvalue weighted by Gasteiger charge is 2.22. The van der Waals surface area contributed by atoms with Crippen LogP contribution in [0.25, 0.3) is 5.65 Å².